The van der Waals surface area contributed by atoms with Crippen LogP contribution in [0.15, 0.2) is 42.5 Å². The van der Waals surface area contributed by atoms with Crippen molar-refractivity contribution in [3.05, 3.63) is 59.2 Å². The summed E-state index contributed by atoms with van der Waals surface area (Å²) in [5.41, 5.74) is 5.22. The predicted molar refractivity (Wildman–Crippen MR) is 79.8 cm³/mol. The van der Waals surface area contributed by atoms with Crippen molar-refractivity contribution in [1.82, 2.24) is 0 Å². The molecule has 0 bridgehead atoms. The van der Waals surface area contributed by atoms with E-state index in [0.717, 1.165) is 24.2 Å². The lowest BCUT2D eigenvalue weighted by molar-refractivity contribution is 0.0697. The molecule has 0 fully saturated rings. The maximum atomic E-state index is 10.8. The predicted octanol–water partition coefficient (Wildman–Crippen LogP) is 4.01. The van der Waals surface area contributed by atoms with Crippen molar-refractivity contribution in [1.29, 1.82) is 0 Å². The lowest BCUT2D eigenvalue weighted by Crippen LogP contribution is -2.06. The third kappa shape index (κ3) is 2.52. The van der Waals surface area contributed by atoms with E-state index in [9.17, 15) is 4.79 Å². The van der Waals surface area contributed by atoms with E-state index in [0.29, 0.717) is 5.56 Å². The summed E-state index contributed by atoms with van der Waals surface area (Å²) < 4.78 is 0. The number of benzene rings is 2. The lowest BCUT2D eigenvalue weighted by Gasteiger charge is -2.20. The highest BCUT2D eigenvalue weighted by Crippen LogP contribution is 2.29. The molecule has 0 unspecified atom stereocenters. The molecular formula is C17H17NO2. The number of aromatic carboxylic acids is 1. The molecule has 1 aliphatic rings. The van der Waals surface area contributed by atoms with Crippen molar-refractivity contribution in [3.8, 4) is 0 Å². The minimum atomic E-state index is -0.895. The number of carboxylic acids is 1. The van der Waals surface area contributed by atoms with Crippen LogP contribution in [-0.4, -0.2) is 11.1 Å². The Morgan fingerprint density at radius 1 is 1.00 bits per heavy atom. The standard InChI is InChI=1S/C17H17NO2/c19-17(20)13-8-10-14(11-9-13)18-16-7-3-5-12-4-1-2-6-15(12)16/h3,5,7-11,18H,1-2,4,6H2,(H,19,20). The Morgan fingerprint density at radius 2 is 1.75 bits per heavy atom. The number of fused-ring (bicyclic) bond motifs is 1. The fraction of sp³-hybridized carbons (Fsp3) is 0.235. The molecule has 0 saturated heterocycles. The number of nitrogens with one attached hydrogen (secondary N) is 1. The van der Waals surface area contributed by atoms with E-state index < -0.39 is 5.97 Å². The Balaban J connectivity index is 1.86. The molecule has 0 amide bonds. The Hall–Kier alpha value is -2.29. The van der Waals surface area contributed by atoms with Crippen LogP contribution in [0.25, 0.3) is 0 Å². The van der Waals surface area contributed by atoms with E-state index in [4.69, 9.17) is 5.11 Å². The van der Waals surface area contributed by atoms with Crippen LogP contribution >= 0.6 is 0 Å². The zero-order valence-electron chi connectivity index (χ0n) is 11.2. The van der Waals surface area contributed by atoms with Crippen molar-refractivity contribution < 1.29 is 9.90 Å². The van der Waals surface area contributed by atoms with E-state index in [-0.39, 0.29) is 0 Å². The summed E-state index contributed by atoms with van der Waals surface area (Å²) in [4.78, 5) is 10.8. The highest BCUT2D eigenvalue weighted by molar-refractivity contribution is 5.88. The normalized spacial score (nSPS) is 13.6. The summed E-state index contributed by atoms with van der Waals surface area (Å²) in [7, 11) is 0. The van der Waals surface area contributed by atoms with Crippen LogP contribution in [0.5, 0.6) is 0 Å². The van der Waals surface area contributed by atoms with Crippen molar-refractivity contribution >= 4 is 17.3 Å². The third-order valence-electron chi connectivity index (χ3n) is 3.81. The minimum Gasteiger partial charge on any atom is -0.478 e. The highest BCUT2D eigenvalue weighted by atomic mass is 16.4. The van der Waals surface area contributed by atoms with Crippen LogP contribution in [0.2, 0.25) is 0 Å². The number of carboxylic acid groups (broad SMARTS) is 1. The second-order valence-electron chi connectivity index (χ2n) is 5.16. The van der Waals surface area contributed by atoms with Gasteiger partial charge in [-0.1, -0.05) is 12.1 Å². The molecule has 2 aromatic rings. The molecule has 0 aromatic heterocycles. The summed E-state index contributed by atoms with van der Waals surface area (Å²) in [6.07, 6.45) is 4.78. The van der Waals surface area contributed by atoms with Gasteiger partial charge in [0, 0.05) is 11.4 Å². The number of aryl methyl sites for hydroxylation is 1. The summed E-state index contributed by atoms with van der Waals surface area (Å²) >= 11 is 0. The number of hydrogen-bond donors (Lipinski definition) is 2. The number of rotatable bonds is 3. The van der Waals surface area contributed by atoms with Crippen LogP contribution in [0.3, 0.4) is 0 Å². The summed E-state index contributed by atoms with van der Waals surface area (Å²) in [5.74, 6) is -0.895. The monoisotopic (exact) mass is 267 g/mol. The average molecular weight is 267 g/mol. The first kappa shape index (κ1) is 12.7. The van der Waals surface area contributed by atoms with Gasteiger partial charge in [-0.05, 0) is 67.1 Å². The van der Waals surface area contributed by atoms with Gasteiger partial charge in [0.2, 0.25) is 0 Å². The molecule has 3 rings (SSSR count). The van der Waals surface area contributed by atoms with E-state index in [1.807, 2.05) is 12.1 Å². The first-order valence-electron chi connectivity index (χ1n) is 6.95. The molecular weight excluding hydrogens is 250 g/mol. The second-order valence-corrected chi connectivity index (χ2v) is 5.16. The Kier molecular flexibility index (Phi) is 3.42. The molecule has 20 heavy (non-hydrogen) atoms. The topological polar surface area (TPSA) is 49.3 Å². The maximum absolute atomic E-state index is 10.8. The molecule has 102 valence electrons. The minimum absolute atomic E-state index is 0.311. The van der Waals surface area contributed by atoms with Crippen LogP contribution in [0, 0.1) is 0 Å². The van der Waals surface area contributed by atoms with E-state index in [1.165, 1.54) is 24.0 Å². The van der Waals surface area contributed by atoms with Crippen molar-refractivity contribution in [2.45, 2.75) is 25.7 Å². The van der Waals surface area contributed by atoms with Crippen molar-refractivity contribution in [2.75, 3.05) is 5.32 Å². The molecule has 0 atom stereocenters. The van der Waals surface area contributed by atoms with Gasteiger partial charge in [0.1, 0.15) is 0 Å². The summed E-state index contributed by atoms with van der Waals surface area (Å²) in [5, 5.41) is 12.3. The molecule has 2 aromatic carbocycles. The molecule has 3 nitrogen and oxygen atoms in total. The highest BCUT2D eigenvalue weighted by Gasteiger charge is 2.12. The smallest absolute Gasteiger partial charge is 0.335 e. The van der Waals surface area contributed by atoms with Crippen LogP contribution in [0.4, 0.5) is 11.4 Å². The lowest BCUT2D eigenvalue weighted by atomic mass is 9.90. The molecule has 3 heteroatoms. The average Bonchev–Trinajstić information content (AvgIpc) is 2.48. The fourth-order valence-electron chi connectivity index (χ4n) is 2.75. The number of carbonyl (C=O) groups is 1. The van der Waals surface area contributed by atoms with Crippen molar-refractivity contribution in [3.63, 3.8) is 0 Å². The van der Waals surface area contributed by atoms with Gasteiger partial charge in [0.15, 0.2) is 0 Å². The quantitative estimate of drug-likeness (QED) is 0.883. The molecule has 1 aliphatic carbocycles. The van der Waals surface area contributed by atoms with Gasteiger partial charge in [-0.25, -0.2) is 4.79 Å². The summed E-state index contributed by atoms with van der Waals surface area (Å²) in [6.45, 7) is 0. The second kappa shape index (κ2) is 5.37. The van der Waals surface area contributed by atoms with Crippen molar-refractivity contribution in [2.24, 2.45) is 0 Å². The number of hydrogen-bond acceptors (Lipinski definition) is 2. The molecule has 0 aliphatic heterocycles. The summed E-state index contributed by atoms with van der Waals surface area (Å²) in [6, 6.07) is 13.2. The fourth-order valence-corrected chi connectivity index (χ4v) is 2.75. The Morgan fingerprint density at radius 3 is 2.50 bits per heavy atom. The van der Waals surface area contributed by atoms with E-state index in [2.05, 4.69) is 23.5 Å². The van der Waals surface area contributed by atoms with Crippen LogP contribution in [-0.2, 0) is 12.8 Å². The van der Waals surface area contributed by atoms with Gasteiger partial charge in [0.25, 0.3) is 0 Å². The maximum Gasteiger partial charge on any atom is 0.335 e. The SMILES string of the molecule is O=C(O)c1ccc(Nc2cccc3c2CCCC3)cc1. The van der Waals surface area contributed by atoms with Gasteiger partial charge >= 0.3 is 5.97 Å². The number of anilines is 2. The largest absolute Gasteiger partial charge is 0.478 e. The van der Waals surface area contributed by atoms with Gasteiger partial charge in [-0.15, -0.1) is 0 Å². The molecule has 0 spiro atoms. The van der Waals surface area contributed by atoms with Gasteiger partial charge < -0.3 is 10.4 Å². The first-order valence-corrected chi connectivity index (χ1v) is 6.95. The first-order chi connectivity index (χ1) is 9.74. The van der Waals surface area contributed by atoms with Gasteiger partial charge in [-0.2, -0.15) is 0 Å². The van der Waals surface area contributed by atoms with E-state index in [1.54, 1.807) is 12.1 Å². The zero-order chi connectivity index (χ0) is 13.9. The third-order valence-corrected chi connectivity index (χ3v) is 3.81. The molecule has 2 N–H and O–H groups in total. The van der Waals surface area contributed by atoms with E-state index >= 15 is 0 Å². The molecule has 0 radical (unpaired) electrons. The molecule has 0 heterocycles. The zero-order valence-corrected chi connectivity index (χ0v) is 11.2. The van der Waals surface area contributed by atoms with Gasteiger partial charge in [-0.3, -0.25) is 0 Å². The van der Waals surface area contributed by atoms with Crippen LogP contribution in [0.1, 0.15) is 34.3 Å². The van der Waals surface area contributed by atoms with Crippen LogP contribution < -0.4 is 5.32 Å². The Labute approximate surface area is 118 Å². The molecule has 0 saturated carbocycles. The Bertz CT molecular complexity index is 632. The van der Waals surface area contributed by atoms with Gasteiger partial charge in [0.05, 0.1) is 5.56 Å².